The van der Waals surface area contributed by atoms with Crippen molar-refractivity contribution in [3.05, 3.63) is 35.5 Å². The zero-order valence-corrected chi connectivity index (χ0v) is 6.73. The molecule has 0 aliphatic heterocycles. The molecule has 0 saturated carbocycles. The number of carboxylic acid groups (broad SMARTS) is 2. The fraction of sp³-hybridized carbons (Fsp3) is 0.111. The van der Waals surface area contributed by atoms with Crippen LogP contribution in [-0.2, 0) is 9.59 Å². The van der Waals surface area contributed by atoms with Crippen LogP contribution in [0.15, 0.2) is 35.5 Å². The highest BCUT2D eigenvalue weighted by Gasteiger charge is 2.15. The lowest BCUT2D eigenvalue weighted by atomic mass is 10.1. The van der Waals surface area contributed by atoms with Gasteiger partial charge in [0.2, 0.25) is 0 Å². The first-order valence-corrected chi connectivity index (χ1v) is 3.65. The predicted molar refractivity (Wildman–Crippen MR) is 45.2 cm³/mol. The molecular formula is C9H8O4. The van der Waals surface area contributed by atoms with Crippen molar-refractivity contribution in [1.29, 1.82) is 0 Å². The van der Waals surface area contributed by atoms with Crippen LogP contribution in [0.2, 0.25) is 0 Å². The van der Waals surface area contributed by atoms with E-state index in [1.54, 1.807) is 18.2 Å². The van der Waals surface area contributed by atoms with Crippen molar-refractivity contribution in [3.63, 3.8) is 0 Å². The molecule has 1 aliphatic rings. The van der Waals surface area contributed by atoms with Gasteiger partial charge in [-0.15, -0.1) is 0 Å². The number of hydrogen-bond donors (Lipinski definition) is 2. The lowest BCUT2D eigenvalue weighted by Crippen LogP contribution is -2.05. The second-order valence-corrected chi connectivity index (χ2v) is 2.53. The van der Waals surface area contributed by atoms with Crippen LogP contribution in [0.1, 0.15) is 6.42 Å². The smallest absolute Gasteiger partial charge is 0.336 e. The van der Waals surface area contributed by atoms with Crippen molar-refractivity contribution < 1.29 is 19.8 Å². The van der Waals surface area contributed by atoms with Crippen molar-refractivity contribution >= 4 is 11.9 Å². The summed E-state index contributed by atoms with van der Waals surface area (Å²) in [7, 11) is 0. The SMILES string of the molecule is O=C(O)/C=C(\C(=O)O)C1=CC=CC1. The molecule has 0 radical (unpaired) electrons. The van der Waals surface area contributed by atoms with Gasteiger partial charge in [-0.2, -0.15) is 0 Å². The van der Waals surface area contributed by atoms with Gasteiger partial charge in [0, 0.05) is 6.08 Å². The van der Waals surface area contributed by atoms with Crippen molar-refractivity contribution in [2.75, 3.05) is 0 Å². The molecule has 0 aromatic rings. The molecule has 2 N–H and O–H groups in total. The first-order chi connectivity index (χ1) is 6.11. The molecule has 1 aliphatic carbocycles. The second-order valence-electron chi connectivity index (χ2n) is 2.53. The van der Waals surface area contributed by atoms with Gasteiger partial charge < -0.3 is 10.2 Å². The van der Waals surface area contributed by atoms with E-state index in [4.69, 9.17) is 10.2 Å². The van der Waals surface area contributed by atoms with E-state index in [-0.39, 0.29) is 5.57 Å². The standard InChI is InChI=1S/C9H8O4/c10-8(11)5-7(9(12)13)6-3-1-2-4-6/h1-3,5H,4H2,(H,10,11)(H,12,13)/b7-5-. The molecule has 0 atom stereocenters. The fourth-order valence-electron chi connectivity index (χ4n) is 1.06. The van der Waals surface area contributed by atoms with Gasteiger partial charge >= 0.3 is 11.9 Å². The molecule has 0 saturated heterocycles. The highest BCUT2D eigenvalue weighted by Crippen LogP contribution is 2.19. The molecule has 0 aromatic carbocycles. The van der Waals surface area contributed by atoms with Gasteiger partial charge in [-0.3, -0.25) is 0 Å². The molecule has 0 aromatic heterocycles. The third kappa shape index (κ3) is 2.30. The van der Waals surface area contributed by atoms with Crippen molar-refractivity contribution in [1.82, 2.24) is 0 Å². The number of carbonyl (C=O) groups is 2. The van der Waals surface area contributed by atoms with E-state index in [0.29, 0.717) is 18.1 Å². The number of carboxylic acids is 2. The molecule has 1 rings (SSSR count). The van der Waals surface area contributed by atoms with Crippen LogP contribution in [0.4, 0.5) is 0 Å². The first-order valence-electron chi connectivity index (χ1n) is 3.65. The van der Waals surface area contributed by atoms with Crippen molar-refractivity contribution in [3.8, 4) is 0 Å². The largest absolute Gasteiger partial charge is 0.478 e. The molecule has 0 fully saturated rings. The van der Waals surface area contributed by atoms with Gasteiger partial charge in [-0.05, 0) is 12.0 Å². The van der Waals surface area contributed by atoms with Gasteiger partial charge in [0.1, 0.15) is 0 Å². The number of hydrogen-bond acceptors (Lipinski definition) is 2. The van der Waals surface area contributed by atoms with Crippen LogP contribution in [0.3, 0.4) is 0 Å². The van der Waals surface area contributed by atoms with Crippen LogP contribution in [0.25, 0.3) is 0 Å². The molecule has 13 heavy (non-hydrogen) atoms. The topological polar surface area (TPSA) is 74.6 Å². The van der Waals surface area contributed by atoms with E-state index < -0.39 is 11.9 Å². The Bertz CT molecular complexity index is 334. The summed E-state index contributed by atoms with van der Waals surface area (Å²) in [6.45, 7) is 0. The van der Waals surface area contributed by atoms with Gasteiger partial charge in [0.15, 0.2) is 0 Å². The monoisotopic (exact) mass is 180 g/mol. The summed E-state index contributed by atoms with van der Waals surface area (Å²) in [5.41, 5.74) is 0.368. The number of rotatable bonds is 3. The number of aliphatic carboxylic acids is 2. The molecule has 0 spiro atoms. The third-order valence-electron chi connectivity index (χ3n) is 1.62. The summed E-state index contributed by atoms with van der Waals surface area (Å²) in [6, 6.07) is 0. The summed E-state index contributed by atoms with van der Waals surface area (Å²) in [6.07, 6.45) is 6.26. The van der Waals surface area contributed by atoms with Crippen molar-refractivity contribution in [2.45, 2.75) is 6.42 Å². The van der Waals surface area contributed by atoms with E-state index in [2.05, 4.69) is 0 Å². The van der Waals surface area contributed by atoms with Gasteiger partial charge in [0.25, 0.3) is 0 Å². The molecule has 4 nitrogen and oxygen atoms in total. The normalized spacial score (nSPS) is 15.7. The quantitative estimate of drug-likeness (QED) is 0.634. The Balaban J connectivity index is 2.93. The predicted octanol–water partition coefficient (Wildman–Crippen LogP) is 0.968. The van der Waals surface area contributed by atoms with Crippen molar-refractivity contribution in [2.24, 2.45) is 0 Å². The van der Waals surface area contributed by atoms with Gasteiger partial charge in [0.05, 0.1) is 5.57 Å². The van der Waals surface area contributed by atoms with Crippen LogP contribution in [-0.4, -0.2) is 22.2 Å². The third-order valence-corrected chi connectivity index (χ3v) is 1.62. The minimum atomic E-state index is -1.25. The van der Waals surface area contributed by atoms with E-state index in [1.807, 2.05) is 0 Å². The van der Waals surface area contributed by atoms with E-state index in [0.717, 1.165) is 0 Å². The highest BCUT2D eigenvalue weighted by molar-refractivity contribution is 5.98. The molecule has 0 heterocycles. The van der Waals surface area contributed by atoms with Crippen LogP contribution >= 0.6 is 0 Å². The molecule has 0 unspecified atom stereocenters. The average Bonchev–Trinajstić information content (AvgIpc) is 2.50. The zero-order chi connectivity index (χ0) is 9.84. The van der Waals surface area contributed by atoms with Crippen LogP contribution in [0, 0.1) is 0 Å². The van der Waals surface area contributed by atoms with E-state index in [9.17, 15) is 9.59 Å². The fourth-order valence-corrected chi connectivity index (χ4v) is 1.06. The summed E-state index contributed by atoms with van der Waals surface area (Å²) >= 11 is 0. The maximum Gasteiger partial charge on any atom is 0.336 e. The molecule has 4 heteroatoms. The van der Waals surface area contributed by atoms with E-state index >= 15 is 0 Å². The number of allylic oxidation sites excluding steroid dienone is 3. The summed E-state index contributed by atoms with van der Waals surface area (Å²) < 4.78 is 0. The zero-order valence-electron chi connectivity index (χ0n) is 6.73. The maximum atomic E-state index is 10.6. The summed E-state index contributed by atoms with van der Waals surface area (Å²) in [4.78, 5) is 20.9. The van der Waals surface area contributed by atoms with Gasteiger partial charge in [-0.25, -0.2) is 9.59 Å². The van der Waals surface area contributed by atoms with Crippen LogP contribution in [0.5, 0.6) is 0 Å². The van der Waals surface area contributed by atoms with Crippen LogP contribution < -0.4 is 0 Å². The Labute approximate surface area is 74.5 Å². The molecule has 0 bridgehead atoms. The molecule has 0 amide bonds. The lowest BCUT2D eigenvalue weighted by Gasteiger charge is -2.00. The summed E-state index contributed by atoms with van der Waals surface area (Å²) in [5.74, 6) is -2.46. The Morgan fingerprint density at radius 1 is 1.38 bits per heavy atom. The summed E-state index contributed by atoms with van der Waals surface area (Å²) in [5, 5.41) is 17.1. The van der Waals surface area contributed by atoms with Gasteiger partial charge in [-0.1, -0.05) is 18.2 Å². The first kappa shape index (κ1) is 9.25. The average molecular weight is 180 g/mol. The van der Waals surface area contributed by atoms with E-state index in [1.165, 1.54) is 0 Å². The Morgan fingerprint density at radius 3 is 2.46 bits per heavy atom. The minimum Gasteiger partial charge on any atom is -0.478 e. The second kappa shape index (κ2) is 3.71. The Hall–Kier alpha value is -1.84. The minimum absolute atomic E-state index is 0.155. The maximum absolute atomic E-state index is 10.6. The molecule has 68 valence electrons. The Morgan fingerprint density at radius 2 is 2.08 bits per heavy atom. The molecular weight excluding hydrogens is 172 g/mol. The Kier molecular flexibility index (Phi) is 2.64. The lowest BCUT2D eigenvalue weighted by molar-refractivity contribution is -0.134. The highest BCUT2D eigenvalue weighted by atomic mass is 16.4.